The van der Waals surface area contributed by atoms with Gasteiger partial charge in [0.15, 0.2) is 22.3 Å². The summed E-state index contributed by atoms with van der Waals surface area (Å²) in [6, 6.07) is 20.8. The number of ether oxygens (including phenoxy) is 4. The Morgan fingerprint density at radius 1 is 0.698 bits per heavy atom. The van der Waals surface area contributed by atoms with Crippen LogP contribution >= 0.6 is 15.2 Å². The number of aromatic nitrogens is 8. The van der Waals surface area contributed by atoms with Crippen molar-refractivity contribution in [1.82, 2.24) is 39.0 Å². The molecule has 7 aromatic rings. The van der Waals surface area contributed by atoms with Crippen molar-refractivity contribution in [3.63, 3.8) is 0 Å². The fraction of sp³-hybridized carbons (Fsp3) is 0.297. The Balaban J connectivity index is 0.000000219. The van der Waals surface area contributed by atoms with Gasteiger partial charge in [0.2, 0.25) is 23.7 Å². The molecule has 5 aromatic heterocycles. The van der Waals surface area contributed by atoms with Crippen LogP contribution in [0.3, 0.4) is 0 Å². The first-order valence-electron chi connectivity index (χ1n) is 18.7. The van der Waals surface area contributed by atoms with Crippen molar-refractivity contribution in [3.05, 3.63) is 112 Å². The molecule has 0 aliphatic rings. The van der Waals surface area contributed by atoms with Gasteiger partial charge >= 0.3 is 21.1 Å². The number of nitro groups is 1. The van der Waals surface area contributed by atoms with E-state index in [0.717, 1.165) is 11.1 Å². The number of furan rings is 1. The SMILES string of the molecule is COc1nc(N)nc2c1ncn2CCOCP(=O)(O)OCc1ccccc1.COc1nc(N)nc2c1ncn2CCOCP(=O)(OCc1ccccc1)OCc1ccc([N+](=O)[O-])o1. The van der Waals surface area contributed by atoms with Gasteiger partial charge in [0.1, 0.15) is 30.0 Å². The van der Waals surface area contributed by atoms with E-state index >= 15 is 0 Å². The second kappa shape index (κ2) is 21.6. The largest absolute Gasteiger partial charge is 0.479 e. The number of nitrogens with zero attached hydrogens (tertiary/aromatic N) is 9. The molecule has 2 aromatic carbocycles. The predicted octanol–water partition coefficient (Wildman–Crippen LogP) is 5.31. The maximum absolute atomic E-state index is 13.4. The number of methoxy groups -OCH3 is 2. The molecule has 2 unspecified atom stereocenters. The van der Waals surface area contributed by atoms with Gasteiger partial charge in [0, 0.05) is 13.1 Å². The molecular weight excluding hydrogens is 868 g/mol. The standard InChI is InChI=1S/C21H23N6O8P.C16H20N5O5P/c1-31-20-18-19(24-21(22)25-20)26(13-23-18)9-10-32-14-36(30,33-11-15-5-3-2-4-6-15)34-12-16-7-8-17(35-16)27(28)29;1-24-15-13-14(19-16(17)20-15)21(10-18-13)7-8-25-11-27(22,23)26-9-12-5-3-2-4-6-12/h2-8,13H,9-12,14H2,1H3,(H2,22,24,25);2-6,10H,7-9,11H2,1H3,(H,22,23)(H2,17,19,20). The molecular formula is C37H43N11O13P2. The smallest absolute Gasteiger partial charge is 0.433 e. The van der Waals surface area contributed by atoms with E-state index in [9.17, 15) is 24.1 Å². The Morgan fingerprint density at radius 3 is 1.68 bits per heavy atom. The Bertz CT molecular complexity index is 2680. The number of nitrogen functional groups attached to an aromatic ring is 2. The van der Waals surface area contributed by atoms with Crippen LogP contribution in [0.4, 0.5) is 17.8 Å². The lowest BCUT2D eigenvalue weighted by Crippen LogP contribution is -2.10. The van der Waals surface area contributed by atoms with Crippen molar-refractivity contribution in [2.75, 3.05) is 51.6 Å². The Hall–Kier alpha value is -6.36. The van der Waals surface area contributed by atoms with Gasteiger partial charge in [0.05, 0.1) is 59.4 Å². The third-order valence-corrected chi connectivity index (χ3v) is 11.1. The van der Waals surface area contributed by atoms with E-state index < -0.39 is 32.3 Å². The first-order valence-corrected chi connectivity index (χ1v) is 22.2. The Labute approximate surface area is 358 Å². The average molecular weight is 912 g/mol. The van der Waals surface area contributed by atoms with Crippen LogP contribution in [-0.2, 0) is 65.1 Å². The first kappa shape index (κ1) is 46.2. The second-order valence-electron chi connectivity index (χ2n) is 13.0. The quantitative estimate of drug-likeness (QED) is 0.0335. The van der Waals surface area contributed by atoms with E-state index in [-0.39, 0.29) is 68.8 Å². The number of hydrogen-bond donors (Lipinski definition) is 3. The summed E-state index contributed by atoms with van der Waals surface area (Å²) in [4.78, 5) is 44.7. The van der Waals surface area contributed by atoms with E-state index in [4.69, 9.17) is 48.4 Å². The predicted molar refractivity (Wildman–Crippen MR) is 224 cm³/mol. The van der Waals surface area contributed by atoms with Crippen molar-refractivity contribution in [2.24, 2.45) is 0 Å². The molecule has 0 bridgehead atoms. The molecule has 0 radical (unpaired) electrons. The topological polar surface area (TPSA) is 314 Å². The van der Waals surface area contributed by atoms with Crippen LogP contribution < -0.4 is 20.9 Å². The van der Waals surface area contributed by atoms with Crippen LogP contribution in [0.5, 0.6) is 11.8 Å². The fourth-order valence-corrected chi connectivity index (χ4v) is 7.54. The third kappa shape index (κ3) is 13.1. The number of hydrogen-bond acceptors (Lipinski definition) is 20. The molecule has 2 atom stereocenters. The fourth-order valence-electron chi connectivity index (χ4n) is 5.51. The second-order valence-corrected chi connectivity index (χ2v) is 16.8. The van der Waals surface area contributed by atoms with Crippen LogP contribution in [-0.4, -0.2) is 89.0 Å². The lowest BCUT2D eigenvalue weighted by atomic mass is 10.2. The van der Waals surface area contributed by atoms with Crippen molar-refractivity contribution in [1.29, 1.82) is 0 Å². The van der Waals surface area contributed by atoms with E-state index in [1.165, 1.54) is 32.7 Å². The summed E-state index contributed by atoms with van der Waals surface area (Å²) < 4.78 is 71.3. The summed E-state index contributed by atoms with van der Waals surface area (Å²) in [6.07, 6.45) is 2.31. The number of fused-ring (bicyclic) bond motifs is 2. The third-order valence-electron chi connectivity index (χ3n) is 8.52. The highest BCUT2D eigenvalue weighted by Crippen LogP contribution is 2.50. The van der Waals surface area contributed by atoms with Crippen molar-refractivity contribution in [2.45, 2.75) is 32.9 Å². The summed E-state index contributed by atoms with van der Waals surface area (Å²) in [6.45, 7) is 0.699. The average Bonchev–Trinajstić information content (AvgIpc) is 4.04. The first-order chi connectivity index (χ1) is 30.3. The van der Waals surface area contributed by atoms with Gasteiger partial charge < -0.3 is 57.9 Å². The zero-order valence-corrected chi connectivity index (χ0v) is 35.7. The maximum Gasteiger partial charge on any atom is 0.433 e. The minimum absolute atomic E-state index is 0.0158. The van der Waals surface area contributed by atoms with E-state index in [0.29, 0.717) is 35.4 Å². The summed E-state index contributed by atoms with van der Waals surface area (Å²) in [7, 11) is -4.70. The molecule has 26 heteroatoms. The van der Waals surface area contributed by atoms with Gasteiger partial charge in [-0.05, 0) is 17.2 Å². The molecule has 0 aliphatic heterocycles. The van der Waals surface area contributed by atoms with Gasteiger partial charge in [-0.15, -0.1) is 0 Å². The van der Waals surface area contributed by atoms with E-state index in [1.807, 2.05) is 60.7 Å². The lowest BCUT2D eigenvalue weighted by molar-refractivity contribution is -0.402. The Kier molecular flexibility index (Phi) is 15.8. The maximum atomic E-state index is 13.4. The Morgan fingerprint density at radius 2 is 1.19 bits per heavy atom. The van der Waals surface area contributed by atoms with Crippen LogP contribution in [0.1, 0.15) is 16.9 Å². The molecule has 0 saturated carbocycles. The number of nitrogens with two attached hydrogens (primary N) is 2. The highest BCUT2D eigenvalue weighted by molar-refractivity contribution is 7.53. The molecule has 5 heterocycles. The molecule has 0 aliphatic carbocycles. The molecule has 0 amide bonds. The van der Waals surface area contributed by atoms with Crippen molar-refractivity contribution in [3.8, 4) is 11.8 Å². The molecule has 0 fully saturated rings. The summed E-state index contributed by atoms with van der Waals surface area (Å²) in [5.74, 6) is 0.317. The molecule has 63 heavy (non-hydrogen) atoms. The molecule has 334 valence electrons. The zero-order chi connectivity index (χ0) is 44.8. The normalized spacial score (nSPS) is 13.3. The lowest BCUT2D eigenvalue weighted by Gasteiger charge is -2.18. The monoisotopic (exact) mass is 911 g/mol. The van der Waals surface area contributed by atoms with Crippen LogP contribution in [0.25, 0.3) is 22.3 Å². The summed E-state index contributed by atoms with van der Waals surface area (Å²) >= 11 is 0. The number of imidazole rings is 2. The van der Waals surface area contributed by atoms with Gasteiger partial charge in [-0.1, -0.05) is 60.7 Å². The van der Waals surface area contributed by atoms with Crippen molar-refractivity contribution < 1.29 is 55.9 Å². The zero-order valence-electron chi connectivity index (χ0n) is 33.9. The van der Waals surface area contributed by atoms with E-state index in [2.05, 4.69) is 29.9 Å². The summed E-state index contributed by atoms with van der Waals surface area (Å²) in [5, 5.41) is 10.8. The van der Waals surface area contributed by atoms with Crippen LogP contribution in [0, 0.1) is 10.1 Å². The van der Waals surface area contributed by atoms with Crippen LogP contribution in [0.15, 0.2) is 89.9 Å². The van der Waals surface area contributed by atoms with Crippen molar-refractivity contribution >= 4 is 55.3 Å². The van der Waals surface area contributed by atoms with Crippen LogP contribution in [0.2, 0.25) is 0 Å². The molecule has 0 saturated heterocycles. The van der Waals surface area contributed by atoms with Gasteiger partial charge in [-0.25, -0.2) is 9.97 Å². The number of benzene rings is 2. The highest BCUT2D eigenvalue weighted by atomic mass is 31.2. The summed E-state index contributed by atoms with van der Waals surface area (Å²) in [5.41, 5.74) is 14.9. The molecule has 5 N–H and O–H groups in total. The minimum Gasteiger partial charge on any atom is -0.479 e. The highest BCUT2D eigenvalue weighted by Gasteiger charge is 2.27. The van der Waals surface area contributed by atoms with Gasteiger partial charge in [-0.3, -0.25) is 23.8 Å². The molecule has 24 nitrogen and oxygen atoms in total. The number of anilines is 2. The van der Waals surface area contributed by atoms with Gasteiger partial charge in [0.25, 0.3) is 0 Å². The molecule has 7 rings (SSSR count). The van der Waals surface area contributed by atoms with Gasteiger partial charge in [-0.2, -0.15) is 19.9 Å². The number of rotatable bonds is 22. The van der Waals surface area contributed by atoms with E-state index in [1.54, 1.807) is 15.5 Å². The molecule has 0 spiro atoms. The minimum atomic E-state index is -3.85.